The molecule has 0 radical (unpaired) electrons. The lowest BCUT2D eigenvalue weighted by atomic mass is 10.1. The van der Waals surface area contributed by atoms with E-state index in [1.54, 1.807) is 11.1 Å². The number of hydrogen-bond acceptors (Lipinski definition) is 4. The van der Waals surface area contributed by atoms with Crippen LogP contribution in [0.5, 0.6) is 5.75 Å². The van der Waals surface area contributed by atoms with Gasteiger partial charge in [-0.1, -0.05) is 13.3 Å². The van der Waals surface area contributed by atoms with Crippen molar-refractivity contribution >= 4 is 6.09 Å². The number of aromatic nitrogens is 1. The molecule has 5 nitrogen and oxygen atoms in total. The van der Waals surface area contributed by atoms with Crippen LogP contribution in [-0.2, 0) is 4.74 Å². The number of likely N-dealkylation sites (tertiary alicyclic amines) is 1. The normalized spacial score (nSPS) is 25.8. The highest BCUT2D eigenvalue weighted by molar-refractivity contribution is 5.69. The third kappa shape index (κ3) is 4.00. The predicted molar refractivity (Wildman–Crippen MR) is 92.2 cm³/mol. The van der Waals surface area contributed by atoms with E-state index >= 15 is 0 Å². The molecule has 24 heavy (non-hydrogen) atoms. The molecule has 0 spiro atoms. The van der Waals surface area contributed by atoms with Crippen LogP contribution in [0.1, 0.15) is 58.4 Å². The lowest BCUT2D eigenvalue weighted by Crippen LogP contribution is -2.55. The SMILES string of the molecule is CC[C@@H]1C[C@H]1c1cncc(OC[C@@H]2CCN2C(=O)OC(C)(C)C)c1. The smallest absolute Gasteiger partial charge is 0.410 e. The van der Waals surface area contributed by atoms with Crippen LogP contribution in [-0.4, -0.2) is 40.8 Å². The van der Waals surface area contributed by atoms with Gasteiger partial charge in [-0.25, -0.2) is 4.79 Å². The summed E-state index contributed by atoms with van der Waals surface area (Å²) < 4.78 is 11.3. The summed E-state index contributed by atoms with van der Waals surface area (Å²) >= 11 is 0. The molecule has 0 aromatic carbocycles. The van der Waals surface area contributed by atoms with Gasteiger partial charge in [-0.05, 0) is 57.1 Å². The molecule has 2 heterocycles. The van der Waals surface area contributed by atoms with Crippen molar-refractivity contribution in [3.63, 3.8) is 0 Å². The molecular weight excluding hydrogens is 304 g/mol. The fourth-order valence-corrected chi connectivity index (χ4v) is 3.19. The first kappa shape index (κ1) is 17.1. The van der Waals surface area contributed by atoms with E-state index in [4.69, 9.17) is 9.47 Å². The van der Waals surface area contributed by atoms with E-state index in [9.17, 15) is 4.79 Å². The highest BCUT2D eigenvalue weighted by atomic mass is 16.6. The number of carbonyl (C=O) groups is 1. The molecule has 1 saturated carbocycles. The Bertz CT molecular complexity index is 597. The van der Waals surface area contributed by atoms with Crippen molar-refractivity contribution in [2.45, 2.75) is 64.5 Å². The van der Waals surface area contributed by atoms with E-state index in [-0.39, 0.29) is 12.1 Å². The Hall–Kier alpha value is -1.78. The zero-order chi connectivity index (χ0) is 17.3. The minimum atomic E-state index is -0.462. The van der Waals surface area contributed by atoms with Crippen molar-refractivity contribution in [3.05, 3.63) is 24.0 Å². The number of hydrogen-bond donors (Lipinski definition) is 0. The first-order valence-electron chi connectivity index (χ1n) is 8.94. The van der Waals surface area contributed by atoms with Gasteiger partial charge in [-0.3, -0.25) is 4.98 Å². The fourth-order valence-electron chi connectivity index (χ4n) is 3.19. The first-order valence-corrected chi connectivity index (χ1v) is 8.94. The molecule has 2 aliphatic rings. The van der Waals surface area contributed by atoms with Gasteiger partial charge in [0.15, 0.2) is 0 Å². The summed E-state index contributed by atoms with van der Waals surface area (Å²) in [6, 6.07) is 2.19. The molecule has 1 saturated heterocycles. The van der Waals surface area contributed by atoms with Gasteiger partial charge in [-0.15, -0.1) is 0 Å². The predicted octanol–water partition coefficient (Wildman–Crippen LogP) is 3.98. The fraction of sp³-hybridized carbons (Fsp3) is 0.684. The van der Waals surface area contributed by atoms with E-state index in [2.05, 4.69) is 18.0 Å². The van der Waals surface area contributed by atoms with Crippen LogP contribution in [0.25, 0.3) is 0 Å². The Morgan fingerprint density at radius 1 is 1.38 bits per heavy atom. The van der Waals surface area contributed by atoms with E-state index in [0.717, 1.165) is 24.6 Å². The summed E-state index contributed by atoms with van der Waals surface area (Å²) in [4.78, 5) is 18.2. The van der Waals surface area contributed by atoms with Gasteiger partial charge in [0.25, 0.3) is 0 Å². The molecule has 1 amide bonds. The third-order valence-electron chi connectivity index (χ3n) is 4.82. The van der Waals surface area contributed by atoms with Crippen LogP contribution in [0.2, 0.25) is 0 Å². The van der Waals surface area contributed by atoms with Crippen LogP contribution in [0.3, 0.4) is 0 Å². The average molecular weight is 332 g/mol. The topological polar surface area (TPSA) is 51.7 Å². The van der Waals surface area contributed by atoms with Gasteiger partial charge >= 0.3 is 6.09 Å². The zero-order valence-electron chi connectivity index (χ0n) is 15.1. The van der Waals surface area contributed by atoms with E-state index < -0.39 is 5.60 Å². The standard InChI is InChI=1S/C19H28N2O3/c1-5-13-9-17(13)14-8-16(11-20-10-14)23-12-15-6-7-21(15)18(22)24-19(2,3)4/h8,10-11,13,15,17H,5-7,9,12H2,1-4H3/t13-,15+,17-/m1/s1. The third-order valence-corrected chi connectivity index (χ3v) is 4.82. The Morgan fingerprint density at radius 2 is 2.17 bits per heavy atom. The van der Waals surface area contributed by atoms with Gasteiger partial charge < -0.3 is 14.4 Å². The average Bonchev–Trinajstić information content (AvgIpc) is 3.24. The van der Waals surface area contributed by atoms with E-state index in [1.165, 1.54) is 18.4 Å². The molecule has 0 N–H and O–H groups in total. The van der Waals surface area contributed by atoms with Crippen molar-refractivity contribution < 1.29 is 14.3 Å². The molecule has 0 unspecified atom stereocenters. The molecule has 1 aromatic heterocycles. The molecule has 3 rings (SSSR count). The number of carbonyl (C=O) groups excluding carboxylic acids is 1. The minimum Gasteiger partial charge on any atom is -0.490 e. The maximum Gasteiger partial charge on any atom is 0.410 e. The molecular formula is C19H28N2O3. The molecule has 5 heteroatoms. The van der Waals surface area contributed by atoms with Crippen molar-refractivity contribution in [1.82, 2.24) is 9.88 Å². The summed E-state index contributed by atoms with van der Waals surface area (Å²) in [6.45, 7) is 9.12. The summed E-state index contributed by atoms with van der Waals surface area (Å²) in [5.74, 6) is 2.25. The monoisotopic (exact) mass is 332 g/mol. The summed E-state index contributed by atoms with van der Waals surface area (Å²) in [5, 5.41) is 0. The molecule has 3 atom stereocenters. The van der Waals surface area contributed by atoms with Crippen molar-refractivity contribution in [2.24, 2.45) is 5.92 Å². The van der Waals surface area contributed by atoms with Gasteiger partial charge in [0.1, 0.15) is 18.0 Å². The second kappa shape index (κ2) is 6.61. The molecule has 2 fully saturated rings. The van der Waals surface area contributed by atoms with Gasteiger partial charge in [0.05, 0.1) is 12.2 Å². The minimum absolute atomic E-state index is 0.0906. The summed E-state index contributed by atoms with van der Waals surface area (Å²) in [7, 11) is 0. The maximum atomic E-state index is 12.1. The number of rotatable bonds is 5. The first-order chi connectivity index (χ1) is 11.4. The van der Waals surface area contributed by atoms with Gasteiger partial charge in [-0.2, -0.15) is 0 Å². The van der Waals surface area contributed by atoms with Crippen molar-refractivity contribution in [2.75, 3.05) is 13.2 Å². The maximum absolute atomic E-state index is 12.1. The molecule has 1 aliphatic heterocycles. The Kier molecular flexibility index (Phi) is 4.70. The highest BCUT2D eigenvalue weighted by Gasteiger charge is 2.37. The molecule has 1 aromatic rings. The Balaban J connectivity index is 1.51. The van der Waals surface area contributed by atoms with E-state index in [0.29, 0.717) is 12.5 Å². The van der Waals surface area contributed by atoms with Crippen LogP contribution >= 0.6 is 0 Å². The number of ether oxygens (including phenoxy) is 2. The van der Waals surface area contributed by atoms with Crippen LogP contribution in [0.4, 0.5) is 4.79 Å². The summed E-state index contributed by atoms with van der Waals surface area (Å²) in [6.07, 6.45) is 6.89. The molecule has 132 valence electrons. The summed E-state index contributed by atoms with van der Waals surface area (Å²) in [5.41, 5.74) is 0.813. The Morgan fingerprint density at radius 3 is 2.75 bits per heavy atom. The second-order valence-corrected chi connectivity index (χ2v) is 7.89. The number of pyridine rings is 1. The van der Waals surface area contributed by atoms with Crippen molar-refractivity contribution in [1.29, 1.82) is 0 Å². The lowest BCUT2D eigenvalue weighted by Gasteiger charge is -2.40. The Labute approximate surface area is 144 Å². The van der Waals surface area contributed by atoms with Gasteiger partial charge in [0.2, 0.25) is 0 Å². The van der Waals surface area contributed by atoms with Crippen LogP contribution in [0.15, 0.2) is 18.5 Å². The van der Waals surface area contributed by atoms with Gasteiger partial charge in [0, 0.05) is 12.7 Å². The lowest BCUT2D eigenvalue weighted by molar-refractivity contribution is -0.0141. The second-order valence-electron chi connectivity index (χ2n) is 7.89. The number of amides is 1. The van der Waals surface area contributed by atoms with Crippen molar-refractivity contribution in [3.8, 4) is 5.75 Å². The largest absolute Gasteiger partial charge is 0.490 e. The molecule has 1 aliphatic carbocycles. The van der Waals surface area contributed by atoms with E-state index in [1.807, 2.05) is 27.0 Å². The molecule has 0 bridgehead atoms. The zero-order valence-corrected chi connectivity index (χ0v) is 15.1. The highest BCUT2D eigenvalue weighted by Crippen LogP contribution is 2.49. The van der Waals surface area contributed by atoms with Crippen LogP contribution in [0, 0.1) is 5.92 Å². The van der Waals surface area contributed by atoms with Crippen LogP contribution < -0.4 is 4.74 Å². The number of nitrogens with zero attached hydrogens (tertiary/aromatic N) is 2. The quantitative estimate of drug-likeness (QED) is 0.818.